The van der Waals surface area contributed by atoms with Crippen LogP contribution in [0.5, 0.6) is 0 Å². The van der Waals surface area contributed by atoms with Crippen molar-refractivity contribution in [1.82, 2.24) is 0 Å². The largest absolute Gasteiger partial charge is 0.326 e. The van der Waals surface area contributed by atoms with Crippen LogP contribution in [0.3, 0.4) is 0 Å². The predicted molar refractivity (Wildman–Crippen MR) is 77.3 cm³/mol. The van der Waals surface area contributed by atoms with Crippen molar-refractivity contribution >= 4 is 27.7 Å². The smallest absolute Gasteiger partial charge is 0.0314 e. The number of hydrogen-bond donors (Lipinski definition) is 1. The molecular weight excluding hydrogens is 294 g/mol. The van der Waals surface area contributed by atoms with Gasteiger partial charge in [-0.3, -0.25) is 0 Å². The van der Waals surface area contributed by atoms with E-state index >= 15 is 0 Å². The summed E-state index contributed by atoms with van der Waals surface area (Å²) in [5.41, 5.74) is 8.13. The molecule has 2 aromatic rings. The molecular formula is C14H14BrNS. The van der Waals surface area contributed by atoms with Crippen molar-refractivity contribution in [1.29, 1.82) is 0 Å². The molecule has 0 aromatic heterocycles. The molecule has 0 aliphatic carbocycles. The van der Waals surface area contributed by atoms with Crippen molar-refractivity contribution in [3.05, 3.63) is 58.1 Å². The SMILES string of the molecule is Cc1cc(Sc2ccccc2Br)ccc1CN. The van der Waals surface area contributed by atoms with Gasteiger partial charge in [0.1, 0.15) is 0 Å². The molecule has 0 aliphatic heterocycles. The number of benzene rings is 2. The van der Waals surface area contributed by atoms with Crippen LogP contribution in [0.2, 0.25) is 0 Å². The molecule has 2 aromatic carbocycles. The van der Waals surface area contributed by atoms with Crippen molar-refractivity contribution < 1.29 is 0 Å². The summed E-state index contributed by atoms with van der Waals surface area (Å²) >= 11 is 5.32. The minimum atomic E-state index is 0.603. The van der Waals surface area contributed by atoms with Gasteiger partial charge in [0.25, 0.3) is 0 Å². The lowest BCUT2D eigenvalue weighted by Crippen LogP contribution is -1.98. The molecule has 0 bridgehead atoms. The van der Waals surface area contributed by atoms with E-state index in [1.807, 2.05) is 12.1 Å². The molecule has 0 aliphatic rings. The second-order valence-corrected chi connectivity index (χ2v) is 5.79. The van der Waals surface area contributed by atoms with Gasteiger partial charge in [0.15, 0.2) is 0 Å². The van der Waals surface area contributed by atoms with E-state index in [1.165, 1.54) is 20.9 Å². The van der Waals surface area contributed by atoms with E-state index in [2.05, 4.69) is 53.2 Å². The Morgan fingerprint density at radius 1 is 1.18 bits per heavy atom. The lowest BCUT2D eigenvalue weighted by Gasteiger charge is -2.07. The van der Waals surface area contributed by atoms with E-state index < -0.39 is 0 Å². The summed E-state index contributed by atoms with van der Waals surface area (Å²) in [6.45, 7) is 2.71. The fourth-order valence-corrected chi connectivity index (χ4v) is 3.08. The highest BCUT2D eigenvalue weighted by atomic mass is 79.9. The molecule has 3 heteroatoms. The van der Waals surface area contributed by atoms with Crippen molar-refractivity contribution in [2.24, 2.45) is 5.73 Å². The fourth-order valence-electron chi connectivity index (χ4n) is 1.62. The van der Waals surface area contributed by atoms with Gasteiger partial charge in [0, 0.05) is 20.8 Å². The third-order valence-electron chi connectivity index (χ3n) is 2.60. The average Bonchev–Trinajstić information content (AvgIpc) is 2.32. The van der Waals surface area contributed by atoms with E-state index in [-0.39, 0.29) is 0 Å². The summed E-state index contributed by atoms with van der Waals surface area (Å²) in [6.07, 6.45) is 0. The molecule has 2 rings (SSSR count). The Kier molecular flexibility index (Phi) is 4.26. The maximum Gasteiger partial charge on any atom is 0.0314 e. The van der Waals surface area contributed by atoms with E-state index in [1.54, 1.807) is 11.8 Å². The highest BCUT2D eigenvalue weighted by molar-refractivity contribution is 9.10. The Morgan fingerprint density at radius 3 is 2.59 bits per heavy atom. The molecule has 0 radical (unpaired) electrons. The Bertz CT molecular complexity index is 525. The zero-order valence-corrected chi connectivity index (χ0v) is 12.0. The first-order chi connectivity index (χ1) is 8.20. The Labute approximate surface area is 115 Å². The van der Waals surface area contributed by atoms with Crippen molar-refractivity contribution in [3.8, 4) is 0 Å². The summed E-state index contributed by atoms with van der Waals surface area (Å²) in [5.74, 6) is 0. The minimum Gasteiger partial charge on any atom is -0.326 e. The van der Waals surface area contributed by atoms with Gasteiger partial charge >= 0.3 is 0 Å². The van der Waals surface area contributed by atoms with Gasteiger partial charge in [0.2, 0.25) is 0 Å². The zero-order valence-electron chi connectivity index (χ0n) is 9.61. The number of halogens is 1. The van der Waals surface area contributed by atoms with Crippen LogP contribution in [0.15, 0.2) is 56.7 Å². The highest BCUT2D eigenvalue weighted by Crippen LogP contribution is 2.33. The van der Waals surface area contributed by atoms with E-state index in [0.717, 1.165) is 4.47 Å². The average molecular weight is 308 g/mol. The normalized spacial score (nSPS) is 10.5. The van der Waals surface area contributed by atoms with E-state index in [4.69, 9.17) is 5.73 Å². The summed E-state index contributed by atoms with van der Waals surface area (Å²) in [6, 6.07) is 14.7. The highest BCUT2D eigenvalue weighted by Gasteiger charge is 2.03. The van der Waals surface area contributed by atoms with Crippen molar-refractivity contribution in [3.63, 3.8) is 0 Å². The van der Waals surface area contributed by atoms with Crippen LogP contribution in [0.4, 0.5) is 0 Å². The topological polar surface area (TPSA) is 26.0 Å². The van der Waals surface area contributed by atoms with E-state index in [9.17, 15) is 0 Å². The predicted octanol–water partition coefficient (Wildman–Crippen LogP) is 4.37. The number of rotatable bonds is 3. The Balaban J connectivity index is 2.25. The van der Waals surface area contributed by atoms with Crippen LogP contribution in [-0.2, 0) is 6.54 Å². The van der Waals surface area contributed by atoms with Crippen LogP contribution in [0.1, 0.15) is 11.1 Å². The van der Waals surface area contributed by atoms with Gasteiger partial charge < -0.3 is 5.73 Å². The van der Waals surface area contributed by atoms with Gasteiger partial charge in [-0.05, 0) is 58.2 Å². The third-order valence-corrected chi connectivity index (χ3v) is 4.62. The quantitative estimate of drug-likeness (QED) is 0.911. The molecule has 0 unspecified atom stereocenters. The van der Waals surface area contributed by atoms with Crippen molar-refractivity contribution in [2.45, 2.75) is 23.3 Å². The molecule has 0 spiro atoms. The van der Waals surface area contributed by atoms with Gasteiger partial charge in [0.05, 0.1) is 0 Å². The molecule has 0 amide bonds. The van der Waals surface area contributed by atoms with E-state index in [0.29, 0.717) is 6.54 Å². The fraction of sp³-hybridized carbons (Fsp3) is 0.143. The molecule has 0 saturated heterocycles. The second kappa shape index (κ2) is 5.71. The summed E-state index contributed by atoms with van der Waals surface area (Å²) < 4.78 is 1.13. The van der Waals surface area contributed by atoms with Gasteiger partial charge in [-0.2, -0.15) is 0 Å². The monoisotopic (exact) mass is 307 g/mol. The second-order valence-electron chi connectivity index (χ2n) is 3.82. The molecule has 2 N–H and O–H groups in total. The standard InChI is InChI=1S/C14H14BrNS/c1-10-8-12(7-6-11(10)9-16)17-14-5-3-2-4-13(14)15/h2-8H,9,16H2,1H3. The summed E-state index contributed by atoms with van der Waals surface area (Å²) in [4.78, 5) is 2.47. The number of aryl methyl sites for hydroxylation is 1. The lowest BCUT2D eigenvalue weighted by atomic mass is 10.1. The zero-order chi connectivity index (χ0) is 12.3. The first kappa shape index (κ1) is 12.7. The van der Waals surface area contributed by atoms with Crippen LogP contribution in [-0.4, -0.2) is 0 Å². The first-order valence-corrected chi connectivity index (χ1v) is 7.03. The molecule has 0 atom stereocenters. The Hall–Kier alpha value is -0.770. The summed E-state index contributed by atoms with van der Waals surface area (Å²) in [5, 5.41) is 0. The lowest BCUT2D eigenvalue weighted by molar-refractivity contribution is 1.04. The number of hydrogen-bond acceptors (Lipinski definition) is 2. The number of nitrogens with two attached hydrogens (primary N) is 1. The maximum absolute atomic E-state index is 5.66. The molecule has 0 heterocycles. The van der Waals surface area contributed by atoms with Crippen molar-refractivity contribution in [2.75, 3.05) is 0 Å². The van der Waals surface area contributed by atoms with Crippen LogP contribution < -0.4 is 5.73 Å². The molecule has 0 saturated carbocycles. The maximum atomic E-state index is 5.66. The van der Waals surface area contributed by atoms with Crippen LogP contribution in [0, 0.1) is 6.92 Å². The van der Waals surface area contributed by atoms with Gasteiger partial charge in [-0.25, -0.2) is 0 Å². The van der Waals surface area contributed by atoms with Gasteiger partial charge in [-0.15, -0.1) is 0 Å². The molecule has 1 nitrogen and oxygen atoms in total. The molecule has 17 heavy (non-hydrogen) atoms. The summed E-state index contributed by atoms with van der Waals surface area (Å²) in [7, 11) is 0. The minimum absolute atomic E-state index is 0.603. The molecule has 0 fully saturated rings. The molecule has 88 valence electrons. The van der Waals surface area contributed by atoms with Crippen LogP contribution in [0.25, 0.3) is 0 Å². The van der Waals surface area contributed by atoms with Crippen LogP contribution >= 0.6 is 27.7 Å². The van der Waals surface area contributed by atoms with Gasteiger partial charge in [-0.1, -0.05) is 30.0 Å². The Morgan fingerprint density at radius 2 is 1.94 bits per heavy atom. The third kappa shape index (κ3) is 3.12. The first-order valence-electron chi connectivity index (χ1n) is 5.42.